The molecule has 2 rings (SSSR count). The second kappa shape index (κ2) is 3.76. The van der Waals surface area contributed by atoms with E-state index < -0.39 is 0 Å². The average Bonchev–Trinajstić information content (AvgIpc) is 2.99. The molecule has 0 spiro atoms. The summed E-state index contributed by atoms with van der Waals surface area (Å²) < 4.78 is 0. The third kappa shape index (κ3) is 1.67. The Kier molecular flexibility index (Phi) is 2.78. The number of rotatable bonds is 3. The number of halogens is 1. The average molecular weight is 228 g/mol. The lowest BCUT2D eigenvalue weighted by Gasteiger charge is -2.15. The van der Waals surface area contributed by atoms with Gasteiger partial charge in [-0.15, -0.1) is 11.8 Å². The third-order valence-corrected chi connectivity index (χ3v) is 4.04. The van der Waals surface area contributed by atoms with E-state index in [1.807, 2.05) is 6.07 Å². The third-order valence-electron chi connectivity index (χ3n) is 2.99. The topological polar surface area (TPSA) is 26.0 Å². The molecule has 2 N–H and O–H groups in total. The molecule has 1 saturated carbocycles. The Morgan fingerprint density at radius 1 is 1.50 bits per heavy atom. The molecule has 1 aliphatic carbocycles. The maximum absolute atomic E-state index is 6.19. The van der Waals surface area contributed by atoms with Crippen molar-refractivity contribution in [3.05, 3.63) is 28.8 Å². The molecule has 1 fully saturated rings. The predicted molar refractivity (Wildman–Crippen MR) is 63.2 cm³/mol. The molecule has 76 valence electrons. The number of benzene rings is 1. The maximum atomic E-state index is 6.19. The van der Waals surface area contributed by atoms with Crippen LogP contribution in [0.3, 0.4) is 0 Å². The first-order valence-electron chi connectivity index (χ1n) is 4.76. The van der Waals surface area contributed by atoms with Gasteiger partial charge in [-0.1, -0.05) is 11.6 Å². The van der Waals surface area contributed by atoms with Crippen molar-refractivity contribution in [1.82, 2.24) is 0 Å². The van der Waals surface area contributed by atoms with E-state index >= 15 is 0 Å². The van der Waals surface area contributed by atoms with Crippen LogP contribution in [0.4, 0.5) is 0 Å². The Balaban J connectivity index is 2.41. The summed E-state index contributed by atoms with van der Waals surface area (Å²) in [5, 5.41) is 0.866. The van der Waals surface area contributed by atoms with Crippen molar-refractivity contribution >= 4 is 23.4 Å². The summed E-state index contributed by atoms with van der Waals surface area (Å²) in [5.41, 5.74) is 7.24. The quantitative estimate of drug-likeness (QED) is 0.804. The van der Waals surface area contributed by atoms with E-state index in [1.165, 1.54) is 23.3 Å². The van der Waals surface area contributed by atoms with Gasteiger partial charge < -0.3 is 5.73 Å². The molecule has 1 aromatic carbocycles. The standard InChI is InChI=1S/C11H14ClNS/c1-14-8-2-3-10(12)9(6-8)11(7-13)4-5-11/h2-3,6H,4-5,7,13H2,1H3. The summed E-state index contributed by atoms with van der Waals surface area (Å²) in [6.45, 7) is 0.713. The highest BCUT2D eigenvalue weighted by Gasteiger charge is 2.44. The van der Waals surface area contributed by atoms with Crippen molar-refractivity contribution < 1.29 is 0 Å². The number of nitrogens with two attached hydrogens (primary N) is 1. The van der Waals surface area contributed by atoms with Gasteiger partial charge in [0.1, 0.15) is 0 Å². The fourth-order valence-corrected chi connectivity index (χ4v) is 2.53. The highest BCUT2D eigenvalue weighted by molar-refractivity contribution is 7.98. The lowest BCUT2D eigenvalue weighted by Crippen LogP contribution is -2.20. The van der Waals surface area contributed by atoms with Crippen molar-refractivity contribution in [2.24, 2.45) is 5.73 Å². The van der Waals surface area contributed by atoms with Crippen LogP contribution in [0.25, 0.3) is 0 Å². The van der Waals surface area contributed by atoms with E-state index in [0.717, 1.165) is 5.02 Å². The summed E-state index contributed by atoms with van der Waals surface area (Å²) in [5.74, 6) is 0. The second-order valence-corrected chi connectivity index (χ2v) is 5.12. The van der Waals surface area contributed by atoms with Crippen LogP contribution in [-0.4, -0.2) is 12.8 Å². The van der Waals surface area contributed by atoms with Crippen molar-refractivity contribution in [2.45, 2.75) is 23.2 Å². The molecule has 0 aromatic heterocycles. The van der Waals surface area contributed by atoms with Gasteiger partial charge in [0.2, 0.25) is 0 Å². The molecule has 0 aliphatic heterocycles. The molecule has 14 heavy (non-hydrogen) atoms. The lowest BCUT2D eigenvalue weighted by atomic mass is 9.96. The van der Waals surface area contributed by atoms with Gasteiger partial charge >= 0.3 is 0 Å². The molecular weight excluding hydrogens is 214 g/mol. The minimum Gasteiger partial charge on any atom is -0.330 e. The summed E-state index contributed by atoms with van der Waals surface area (Å²) >= 11 is 7.94. The Hall–Kier alpha value is -0.180. The summed E-state index contributed by atoms with van der Waals surface area (Å²) in [4.78, 5) is 1.27. The van der Waals surface area contributed by atoms with Crippen molar-refractivity contribution in [3.63, 3.8) is 0 Å². The molecular formula is C11H14ClNS. The van der Waals surface area contributed by atoms with Crippen LogP contribution in [0, 0.1) is 0 Å². The number of thioether (sulfide) groups is 1. The van der Waals surface area contributed by atoms with Crippen molar-refractivity contribution in [2.75, 3.05) is 12.8 Å². The molecule has 1 aromatic rings. The molecule has 0 amide bonds. The van der Waals surface area contributed by atoms with Crippen LogP contribution in [0.1, 0.15) is 18.4 Å². The Morgan fingerprint density at radius 3 is 2.71 bits per heavy atom. The van der Waals surface area contributed by atoms with E-state index in [0.29, 0.717) is 6.54 Å². The second-order valence-electron chi connectivity index (χ2n) is 3.83. The van der Waals surface area contributed by atoms with Crippen LogP contribution in [0.5, 0.6) is 0 Å². The largest absolute Gasteiger partial charge is 0.330 e. The van der Waals surface area contributed by atoms with Gasteiger partial charge in [-0.2, -0.15) is 0 Å². The van der Waals surface area contributed by atoms with Crippen LogP contribution in [0.2, 0.25) is 5.02 Å². The van der Waals surface area contributed by atoms with Crippen LogP contribution < -0.4 is 5.73 Å². The van der Waals surface area contributed by atoms with E-state index in [2.05, 4.69) is 18.4 Å². The first kappa shape index (κ1) is 10.3. The molecule has 0 heterocycles. The van der Waals surface area contributed by atoms with Gasteiger partial charge in [-0.25, -0.2) is 0 Å². The molecule has 1 aliphatic rings. The summed E-state index contributed by atoms with van der Waals surface area (Å²) in [6, 6.07) is 6.23. The predicted octanol–water partition coefficient (Wildman–Crippen LogP) is 3.05. The molecule has 0 bridgehead atoms. The molecule has 0 radical (unpaired) electrons. The van der Waals surface area contributed by atoms with Gasteiger partial charge in [0.25, 0.3) is 0 Å². The van der Waals surface area contributed by atoms with Crippen LogP contribution in [0.15, 0.2) is 23.1 Å². The first-order valence-corrected chi connectivity index (χ1v) is 6.36. The zero-order chi connectivity index (χ0) is 10.2. The normalized spacial score (nSPS) is 18.2. The molecule has 1 nitrogen and oxygen atoms in total. The number of hydrogen-bond acceptors (Lipinski definition) is 2. The molecule has 3 heteroatoms. The Morgan fingerprint density at radius 2 is 2.21 bits per heavy atom. The van der Waals surface area contributed by atoms with E-state index in [4.69, 9.17) is 17.3 Å². The first-order chi connectivity index (χ1) is 6.72. The molecule has 0 unspecified atom stereocenters. The van der Waals surface area contributed by atoms with E-state index in [9.17, 15) is 0 Å². The van der Waals surface area contributed by atoms with Crippen LogP contribution in [-0.2, 0) is 5.41 Å². The fraction of sp³-hybridized carbons (Fsp3) is 0.455. The highest BCUT2D eigenvalue weighted by Crippen LogP contribution is 2.50. The summed E-state index contributed by atoms with van der Waals surface area (Å²) in [7, 11) is 0. The Bertz CT molecular complexity index is 347. The number of hydrogen-bond donors (Lipinski definition) is 1. The minimum atomic E-state index is 0.197. The van der Waals surface area contributed by atoms with Gasteiger partial charge in [0.15, 0.2) is 0 Å². The van der Waals surface area contributed by atoms with Crippen LogP contribution >= 0.6 is 23.4 Å². The SMILES string of the molecule is CSc1ccc(Cl)c(C2(CN)CC2)c1. The fourth-order valence-electron chi connectivity index (χ4n) is 1.77. The van der Waals surface area contributed by atoms with Gasteiger partial charge in [-0.05, 0) is 42.9 Å². The minimum absolute atomic E-state index is 0.197. The van der Waals surface area contributed by atoms with Crippen molar-refractivity contribution in [1.29, 1.82) is 0 Å². The van der Waals surface area contributed by atoms with E-state index in [1.54, 1.807) is 11.8 Å². The zero-order valence-corrected chi connectivity index (χ0v) is 9.79. The van der Waals surface area contributed by atoms with E-state index in [-0.39, 0.29) is 5.41 Å². The molecule has 0 atom stereocenters. The monoisotopic (exact) mass is 227 g/mol. The zero-order valence-electron chi connectivity index (χ0n) is 8.22. The maximum Gasteiger partial charge on any atom is 0.0444 e. The smallest absolute Gasteiger partial charge is 0.0444 e. The Labute approximate surface area is 94.0 Å². The molecule has 0 saturated heterocycles. The lowest BCUT2D eigenvalue weighted by molar-refractivity contribution is 0.703. The summed E-state index contributed by atoms with van der Waals surface area (Å²) in [6.07, 6.45) is 4.44. The van der Waals surface area contributed by atoms with Crippen molar-refractivity contribution in [3.8, 4) is 0 Å². The van der Waals surface area contributed by atoms with Gasteiger partial charge in [0, 0.05) is 21.9 Å². The van der Waals surface area contributed by atoms with Gasteiger partial charge in [0.05, 0.1) is 0 Å². The highest BCUT2D eigenvalue weighted by atomic mass is 35.5. The van der Waals surface area contributed by atoms with Gasteiger partial charge in [-0.3, -0.25) is 0 Å².